The highest BCUT2D eigenvalue weighted by atomic mass is 35.5. The maximum absolute atomic E-state index is 12.1. The standard InChI is InChI=1S/C19H19ClN4O4/c20-15-9-13(3-6-16(15)24-8-7-22-17(25)10-24)23-18(26)11-28-14-4-1-12(2-5-14)19(21)27/h1-6,9H,7-8,10-11H2,(H2,21,27)(H,22,25)(H,23,26). The first-order valence-electron chi connectivity index (χ1n) is 8.56. The van der Waals surface area contributed by atoms with Crippen LogP contribution in [-0.4, -0.2) is 44.0 Å². The molecule has 1 saturated heterocycles. The minimum absolute atomic E-state index is 0.0549. The highest BCUT2D eigenvalue weighted by molar-refractivity contribution is 6.33. The number of benzene rings is 2. The molecule has 0 atom stereocenters. The Balaban J connectivity index is 1.55. The lowest BCUT2D eigenvalue weighted by Gasteiger charge is -2.29. The zero-order chi connectivity index (χ0) is 20.1. The molecule has 0 spiro atoms. The van der Waals surface area contributed by atoms with Crippen molar-refractivity contribution >= 4 is 40.7 Å². The number of amides is 3. The highest BCUT2D eigenvalue weighted by Crippen LogP contribution is 2.29. The molecule has 3 rings (SSSR count). The van der Waals surface area contributed by atoms with Crippen LogP contribution in [0.1, 0.15) is 10.4 Å². The van der Waals surface area contributed by atoms with Gasteiger partial charge in [-0.1, -0.05) is 11.6 Å². The smallest absolute Gasteiger partial charge is 0.262 e. The number of hydrogen-bond acceptors (Lipinski definition) is 5. The summed E-state index contributed by atoms with van der Waals surface area (Å²) in [6, 6.07) is 11.3. The number of primary amides is 1. The van der Waals surface area contributed by atoms with Crippen LogP contribution in [0.2, 0.25) is 5.02 Å². The summed E-state index contributed by atoms with van der Waals surface area (Å²) in [7, 11) is 0. The average molecular weight is 403 g/mol. The molecule has 8 nitrogen and oxygen atoms in total. The van der Waals surface area contributed by atoms with Gasteiger partial charge in [-0.3, -0.25) is 14.4 Å². The van der Waals surface area contributed by atoms with E-state index in [9.17, 15) is 14.4 Å². The maximum Gasteiger partial charge on any atom is 0.262 e. The molecule has 28 heavy (non-hydrogen) atoms. The Morgan fingerprint density at radius 3 is 2.61 bits per heavy atom. The van der Waals surface area contributed by atoms with Crippen LogP contribution in [0.15, 0.2) is 42.5 Å². The first-order valence-corrected chi connectivity index (χ1v) is 8.94. The summed E-state index contributed by atoms with van der Waals surface area (Å²) < 4.78 is 5.39. The Labute approximate surface area is 166 Å². The van der Waals surface area contributed by atoms with E-state index in [0.29, 0.717) is 35.1 Å². The lowest BCUT2D eigenvalue weighted by Crippen LogP contribution is -2.47. The number of carbonyl (C=O) groups excluding carboxylic acids is 3. The normalized spacial score (nSPS) is 13.6. The zero-order valence-corrected chi connectivity index (χ0v) is 15.7. The molecule has 1 aliphatic heterocycles. The zero-order valence-electron chi connectivity index (χ0n) is 14.9. The van der Waals surface area contributed by atoms with E-state index in [1.807, 2.05) is 4.90 Å². The fraction of sp³-hybridized carbons (Fsp3) is 0.211. The van der Waals surface area contributed by atoms with Gasteiger partial charge < -0.3 is 26.0 Å². The number of nitrogens with one attached hydrogen (secondary N) is 2. The predicted molar refractivity (Wildman–Crippen MR) is 106 cm³/mol. The van der Waals surface area contributed by atoms with Gasteiger partial charge in [0.1, 0.15) is 5.75 Å². The number of nitrogens with zero attached hydrogens (tertiary/aromatic N) is 1. The van der Waals surface area contributed by atoms with Crippen molar-refractivity contribution in [2.24, 2.45) is 5.73 Å². The first-order chi connectivity index (χ1) is 13.4. The van der Waals surface area contributed by atoms with E-state index < -0.39 is 5.91 Å². The molecule has 1 fully saturated rings. The van der Waals surface area contributed by atoms with Crippen LogP contribution in [0.3, 0.4) is 0 Å². The maximum atomic E-state index is 12.1. The molecule has 0 aliphatic carbocycles. The number of rotatable bonds is 6. The molecule has 1 heterocycles. The van der Waals surface area contributed by atoms with E-state index in [1.54, 1.807) is 30.3 Å². The van der Waals surface area contributed by atoms with Crippen LogP contribution in [0.5, 0.6) is 5.75 Å². The van der Waals surface area contributed by atoms with Crippen LogP contribution in [-0.2, 0) is 9.59 Å². The Hall–Kier alpha value is -3.26. The molecule has 9 heteroatoms. The van der Waals surface area contributed by atoms with Gasteiger partial charge in [-0.05, 0) is 42.5 Å². The van der Waals surface area contributed by atoms with Crippen LogP contribution in [0, 0.1) is 0 Å². The Bertz CT molecular complexity index is 901. The van der Waals surface area contributed by atoms with E-state index in [-0.39, 0.29) is 25.0 Å². The molecule has 0 unspecified atom stereocenters. The average Bonchev–Trinajstić information content (AvgIpc) is 2.67. The minimum Gasteiger partial charge on any atom is -0.484 e. The highest BCUT2D eigenvalue weighted by Gasteiger charge is 2.19. The number of halogens is 1. The molecule has 146 valence electrons. The SMILES string of the molecule is NC(=O)c1ccc(OCC(=O)Nc2ccc(N3CCNC(=O)C3)c(Cl)c2)cc1. The van der Waals surface area contributed by atoms with E-state index in [0.717, 1.165) is 5.69 Å². The summed E-state index contributed by atoms with van der Waals surface area (Å²) in [5.41, 5.74) is 6.79. The second kappa shape index (κ2) is 8.62. The molecular weight excluding hydrogens is 384 g/mol. The van der Waals surface area contributed by atoms with Gasteiger partial charge in [-0.15, -0.1) is 0 Å². The van der Waals surface area contributed by atoms with Crippen LogP contribution in [0.4, 0.5) is 11.4 Å². The molecule has 0 saturated carbocycles. The van der Waals surface area contributed by atoms with E-state index >= 15 is 0 Å². The van der Waals surface area contributed by atoms with Crippen molar-refractivity contribution in [3.63, 3.8) is 0 Å². The van der Waals surface area contributed by atoms with E-state index in [2.05, 4.69) is 10.6 Å². The molecule has 0 bridgehead atoms. The van der Waals surface area contributed by atoms with E-state index in [4.69, 9.17) is 22.1 Å². The largest absolute Gasteiger partial charge is 0.484 e. The fourth-order valence-corrected chi connectivity index (χ4v) is 3.05. The summed E-state index contributed by atoms with van der Waals surface area (Å²) in [5.74, 6) is -0.507. The van der Waals surface area contributed by atoms with Gasteiger partial charge in [-0.2, -0.15) is 0 Å². The monoisotopic (exact) mass is 402 g/mol. The fourth-order valence-electron chi connectivity index (χ4n) is 2.75. The number of hydrogen-bond donors (Lipinski definition) is 3. The summed E-state index contributed by atoms with van der Waals surface area (Å²) >= 11 is 6.31. The number of ether oxygens (including phenoxy) is 1. The van der Waals surface area contributed by atoms with Gasteiger partial charge >= 0.3 is 0 Å². The molecule has 3 amide bonds. The summed E-state index contributed by atoms with van der Waals surface area (Å²) in [4.78, 5) is 36.5. The molecule has 4 N–H and O–H groups in total. The van der Waals surface area contributed by atoms with Gasteiger partial charge in [0.2, 0.25) is 11.8 Å². The van der Waals surface area contributed by atoms with Crippen LogP contribution in [0.25, 0.3) is 0 Å². The summed E-state index contributed by atoms with van der Waals surface area (Å²) in [5, 5.41) is 5.90. The Morgan fingerprint density at radius 2 is 1.96 bits per heavy atom. The van der Waals surface area contributed by atoms with Gasteiger partial charge in [0.25, 0.3) is 5.91 Å². The van der Waals surface area contributed by atoms with Gasteiger partial charge in [-0.25, -0.2) is 0 Å². The van der Waals surface area contributed by atoms with Crippen molar-refractivity contribution < 1.29 is 19.1 Å². The Kier molecular flexibility index (Phi) is 6.00. The molecule has 2 aromatic rings. The predicted octanol–water partition coefficient (Wildman–Crippen LogP) is 1.39. The van der Waals surface area contributed by atoms with Crippen molar-refractivity contribution in [3.8, 4) is 5.75 Å². The van der Waals surface area contributed by atoms with Gasteiger partial charge in [0, 0.05) is 24.3 Å². The number of nitrogens with two attached hydrogens (primary N) is 1. The third kappa shape index (κ3) is 4.92. The van der Waals surface area contributed by atoms with Crippen LogP contribution >= 0.6 is 11.6 Å². The van der Waals surface area contributed by atoms with E-state index in [1.165, 1.54) is 12.1 Å². The summed E-state index contributed by atoms with van der Waals surface area (Å²) in [6.45, 7) is 1.26. The number of anilines is 2. The number of carbonyl (C=O) groups is 3. The second-order valence-electron chi connectivity index (χ2n) is 6.16. The van der Waals surface area contributed by atoms with Crippen molar-refractivity contribution in [3.05, 3.63) is 53.1 Å². The topological polar surface area (TPSA) is 114 Å². The molecule has 1 aliphatic rings. The minimum atomic E-state index is -0.533. The molecular formula is C19H19ClN4O4. The first kappa shape index (κ1) is 19.5. The molecule has 2 aromatic carbocycles. The lowest BCUT2D eigenvalue weighted by molar-refractivity contribution is -0.120. The quantitative estimate of drug-likeness (QED) is 0.675. The van der Waals surface area contributed by atoms with Gasteiger partial charge in [0.05, 0.1) is 17.3 Å². The van der Waals surface area contributed by atoms with Crippen LogP contribution < -0.4 is 26.0 Å². The number of piperazine rings is 1. The molecule has 0 radical (unpaired) electrons. The molecule has 0 aromatic heterocycles. The Morgan fingerprint density at radius 1 is 1.21 bits per heavy atom. The lowest BCUT2D eigenvalue weighted by atomic mass is 10.2. The van der Waals surface area contributed by atoms with Crippen molar-refractivity contribution in [1.82, 2.24) is 5.32 Å². The summed E-state index contributed by atoms with van der Waals surface area (Å²) in [6.07, 6.45) is 0. The van der Waals surface area contributed by atoms with Gasteiger partial charge in [0.15, 0.2) is 6.61 Å². The van der Waals surface area contributed by atoms with Crippen molar-refractivity contribution in [2.45, 2.75) is 0 Å². The van der Waals surface area contributed by atoms with Crippen molar-refractivity contribution in [2.75, 3.05) is 36.5 Å². The van der Waals surface area contributed by atoms with Crippen molar-refractivity contribution in [1.29, 1.82) is 0 Å². The second-order valence-corrected chi connectivity index (χ2v) is 6.57. The third-order valence-corrected chi connectivity index (χ3v) is 4.42. The third-order valence-electron chi connectivity index (χ3n) is 4.12.